The van der Waals surface area contributed by atoms with Crippen LogP contribution in [-0.2, 0) is 34.6 Å². The van der Waals surface area contributed by atoms with Gasteiger partial charge in [0.2, 0.25) is 11.6 Å². The van der Waals surface area contributed by atoms with Gasteiger partial charge < -0.3 is 46.9 Å². The van der Waals surface area contributed by atoms with Gasteiger partial charge in [-0.25, -0.2) is 4.79 Å². The van der Waals surface area contributed by atoms with Crippen molar-refractivity contribution in [3.8, 4) is 0 Å². The molecule has 2 aromatic carbocycles. The van der Waals surface area contributed by atoms with Gasteiger partial charge in [0.05, 0.1) is 45.1 Å². The number of nitrogens with one attached hydrogen (secondary N) is 2. The van der Waals surface area contributed by atoms with Gasteiger partial charge >= 0.3 is 6.09 Å². The molecule has 3 aliphatic rings. The molecule has 2 N–H and O–H groups in total. The maximum atomic E-state index is 12.5. The third-order valence-corrected chi connectivity index (χ3v) is 11.3. The second kappa shape index (κ2) is 23.6. The number of unbranched alkanes of at least 4 members (excludes halogenated alkanes) is 2. The number of hydrogen-bond acceptors (Lipinski definition) is 7. The van der Waals surface area contributed by atoms with E-state index >= 15 is 0 Å². The number of ether oxygens (including phenoxy) is 4. The number of halogens is 1. The number of carbonyl (C=O) groups is 2. The summed E-state index contributed by atoms with van der Waals surface area (Å²) in [5.74, 6) is 0.0595. The van der Waals surface area contributed by atoms with Crippen LogP contribution >= 0.6 is 0 Å². The molecule has 2 aliphatic heterocycles. The lowest BCUT2D eigenvalue weighted by Gasteiger charge is -2.27. The van der Waals surface area contributed by atoms with E-state index in [1.165, 1.54) is 46.8 Å². The molecule has 1 unspecified atom stereocenters. The molecule has 0 radical (unpaired) electrons. The maximum Gasteiger partial charge on any atom is 0.407 e. The van der Waals surface area contributed by atoms with E-state index in [0.717, 1.165) is 45.1 Å². The fourth-order valence-electron chi connectivity index (χ4n) is 8.17. The topological polar surface area (TPSA) is 101 Å². The molecule has 2 amide bonds. The van der Waals surface area contributed by atoms with E-state index in [1.807, 2.05) is 6.08 Å². The molecule has 0 aromatic heterocycles. The van der Waals surface area contributed by atoms with Crippen LogP contribution in [0, 0.1) is 0 Å². The lowest BCUT2D eigenvalue weighted by Crippen LogP contribution is -3.00. The summed E-state index contributed by atoms with van der Waals surface area (Å²) in [7, 11) is 2.16. The Morgan fingerprint density at radius 2 is 1.48 bits per heavy atom. The van der Waals surface area contributed by atoms with Gasteiger partial charge in [0.1, 0.15) is 13.2 Å². The largest absolute Gasteiger partial charge is 1.00 e. The molecular formula is C47H67ClN4O6. The first-order valence-corrected chi connectivity index (χ1v) is 21.2. The molecule has 0 spiro atoms. The lowest BCUT2D eigenvalue weighted by molar-refractivity contribution is -0.401. The summed E-state index contributed by atoms with van der Waals surface area (Å²) in [5, 5.41) is 5.71. The Balaban J connectivity index is 0.00000744. The van der Waals surface area contributed by atoms with Crippen molar-refractivity contribution in [3.63, 3.8) is 0 Å². The molecular weight excluding hydrogens is 752 g/mol. The molecule has 2 heterocycles. The van der Waals surface area contributed by atoms with Gasteiger partial charge in [-0.05, 0) is 76.2 Å². The molecule has 0 bridgehead atoms. The van der Waals surface area contributed by atoms with Crippen molar-refractivity contribution in [1.82, 2.24) is 10.6 Å². The van der Waals surface area contributed by atoms with Crippen LogP contribution in [0.3, 0.4) is 0 Å². The average molecular weight is 820 g/mol. The highest BCUT2D eigenvalue weighted by atomic mass is 35.5. The zero-order chi connectivity index (χ0) is 40.5. The smallest absolute Gasteiger partial charge is 0.407 e. The van der Waals surface area contributed by atoms with E-state index in [1.54, 1.807) is 0 Å². The predicted octanol–water partition coefficient (Wildman–Crippen LogP) is 5.28. The van der Waals surface area contributed by atoms with E-state index in [9.17, 15) is 9.59 Å². The maximum absolute atomic E-state index is 12.5. The molecule has 2 aromatic rings. The van der Waals surface area contributed by atoms with Crippen molar-refractivity contribution in [1.29, 1.82) is 0 Å². The molecule has 5 rings (SSSR count). The molecule has 318 valence electrons. The Kier molecular flexibility index (Phi) is 19.0. The number of anilines is 1. The van der Waals surface area contributed by atoms with Gasteiger partial charge in [0.25, 0.3) is 0 Å². The highest BCUT2D eigenvalue weighted by Crippen LogP contribution is 2.48. The van der Waals surface area contributed by atoms with Crippen molar-refractivity contribution in [2.24, 2.45) is 0 Å². The molecule has 1 aliphatic carbocycles. The average Bonchev–Trinajstić information content (AvgIpc) is 3.52. The van der Waals surface area contributed by atoms with Gasteiger partial charge in [0.15, 0.2) is 5.71 Å². The molecule has 1 atom stereocenters. The summed E-state index contributed by atoms with van der Waals surface area (Å²) < 4.78 is 24.5. The van der Waals surface area contributed by atoms with Gasteiger partial charge in [-0.2, -0.15) is 4.58 Å². The Bertz CT molecular complexity index is 1750. The first kappa shape index (κ1) is 46.7. The van der Waals surface area contributed by atoms with Crippen molar-refractivity contribution >= 4 is 29.1 Å². The van der Waals surface area contributed by atoms with Crippen molar-refractivity contribution in [2.75, 3.05) is 71.2 Å². The molecule has 58 heavy (non-hydrogen) atoms. The number of hydrogen-bond donors (Lipinski definition) is 2. The van der Waals surface area contributed by atoms with E-state index in [-0.39, 0.29) is 35.2 Å². The van der Waals surface area contributed by atoms with Crippen LogP contribution in [0.15, 0.2) is 84.6 Å². The van der Waals surface area contributed by atoms with Crippen LogP contribution in [0.25, 0.3) is 0 Å². The Morgan fingerprint density at radius 3 is 2.22 bits per heavy atom. The van der Waals surface area contributed by atoms with Gasteiger partial charge in [-0.1, -0.05) is 75.2 Å². The number of nitrogens with zero attached hydrogens (tertiary/aromatic N) is 2. The Hall–Kier alpha value is -3.96. The Labute approximate surface area is 353 Å². The summed E-state index contributed by atoms with van der Waals surface area (Å²) in [4.78, 5) is 27.0. The van der Waals surface area contributed by atoms with Crippen LogP contribution in [0.1, 0.15) is 96.6 Å². The summed E-state index contributed by atoms with van der Waals surface area (Å²) >= 11 is 0. The van der Waals surface area contributed by atoms with Crippen molar-refractivity contribution in [3.05, 3.63) is 95.7 Å². The number of amides is 2. The van der Waals surface area contributed by atoms with E-state index in [4.69, 9.17) is 18.9 Å². The molecule has 0 saturated carbocycles. The van der Waals surface area contributed by atoms with Gasteiger partial charge in [-0.3, -0.25) is 4.79 Å². The van der Waals surface area contributed by atoms with E-state index in [0.29, 0.717) is 59.2 Å². The third-order valence-electron chi connectivity index (χ3n) is 11.3. The summed E-state index contributed by atoms with van der Waals surface area (Å²) in [5.41, 5.74) is 7.67. The number of rotatable bonds is 21. The van der Waals surface area contributed by atoms with Crippen LogP contribution in [0.5, 0.6) is 0 Å². The minimum absolute atomic E-state index is 0. The monoisotopic (exact) mass is 818 g/mol. The molecule has 10 nitrogen and oxygen atoms in total. The first-order chi connectivity index (χ1) is 27.6. The number of alkyl carbamates (subject to hydrolysis) is 1. The fraction of sp³-hybridized carbons (Fsp3) is 0.553. The van der Waals surface area contributed by atoms with Crippen LogP contribution in [0.2, 0.25) is 0 Å². The highest BCUT2D eigenvalue weighted by Gasteiger charge is 2.43. The zero-order valence-electron chi connectivity index (χ0n) is 35.5. The highest BCUT2D eigenvalue weighted by molar-refractivity contribution is 6.03. The fourth-order valence-corrected chi connectivity index (χ4v) is 8.17. The Morgan fingerprint density at radius 1 is 0.810 bits per heavy atom. The van der Waals surface area contributed by atoms with Gasteiger partial charge in [-0.15, -0.1) is 0 Å². The van der Waals surface area contributed by atoms with Gasteiger partial charge in [0, 0.05) is 60.6 Å². The number of fused-ring (bicyclic) bond motifs is 2. The van der Waals surface area contributed by atoms with E-state index in [2.05, 4.69) is 128 Å². The summed E-state index contributed by atoms with van der Waals surface area (Å²) in [6, 6.07) is 17.4. The zero-order valence-corrected chi connectivity index (χ0v) is 36.3. The van der Waals surface area contributed by atoms with Crippen LogP contribution in [-0.4, -0.2) is 94.7 Å². The minimum atomic E-state index is -0.405. The summed E-state index contributed by atoms with van der Waals surface area (Å²) in [6.45, 7) is 13.6. The SMILES string of the molecule is C[N+]1=C(/C=C/C=C2\N(CCCCCC(=O)NCCOCCOCCOCCNC(=O)OC3/C=C/CCCCC3)c3ccccc3C2(C)C)C(C)(C)c2ccccc21.[Cl-]. The second-order valence-electron chi connectivity index (χ2n) is 16.2. The summed E-state index contributed by atoms with van der Waals surface area (Å²) in [6.07, 6.45) is 19.1. The third kappa shape index (κ3) is 13.0. The van der Waals surface area contributed by atoms with Crippen molar-refractivity contribution in [2.45, 2.75) is 102 Å². The number of benzene rings is 2. The number of para-hydroxylation sites is 2. The van der Waals surface area contributed by atoms with Crippen LogP contribution < -0.4 is 27.9 Å². The van der Waals surface area contributed by atoms with E-state index < -0.39 is 6.09 Å². The van der Waals surface area contributed by atoms with Crippen molar-refractivity contribution < 1.29 is 45.5 Å². The number of carbonyl (C=O) groups excluding carboxylic acids is 2. The predicted molar refractivity (Wildman–Crippen MR) is 229 cm³/mol. The standard InChI is InChI=1S/C47H66N4O6.ClH/c1-46(2)38-21-13-15-23-40(38)50(5)42(46)25-18-26-43-47(3,4)39-22-14-16-24-41(39)51(43)30-17-9-12-27-44(52)48-28-31-54-33-35-56-36-34-55-32-29-49-45(53)57-37-19-10-7-6-8-11-20-37;/h10,13-16,18-19,21-26,37H,6-9,11-12,17,20,27-36H2,1-5H3,(H-,48,49,52,53);1H/b19-10+;. The first-order valence-electron chi connectivity index (χ1n) is 21.2. The molecule has 0 saturated heterocycles. The second-order valence-corrected chi connectivity index (χ2v) is 16.2. The molecule has 11 heteroatoms. The van der Waals surface area contributed by atoms with Crippen LogP contribution in [0.4, 0.5) is 16.2 Å². The number of allylic oxidation sites excluding steroid dienone is 5. The molecule has 0 fully saturated rings. The normalized spacial score (nSPS) is 19.3. The minimum Gasteiger partial charge on any atom is -1.00 e. The lowest BCUT2D eigenvalue weighted by atomic mass is 9.81. The quantitative estimate of drug-likeness (QED) is 0.101.